The third-order valence-electron chi connectivity index (χ3n) is 2.83. The molecule has 0 unspecified atom stereocenters. The number of halogens is 1. The van der Waals surface area contributed by atoms with Crippen molar-refractivity contribution in [3.8, 4) is 5.75 Å². The molecule has 0 spiro atoms. The molecule has 0 saturated heterocycles. The highest BCUT2D eigenvalue weighted by Crippen LogP contribution is 2.22. The molecule has 0 heterocycles. The Morgan fingerprint density at radius 3 is 2.56 bits per heavy atom. The molecule has 0 saturated carbocycles. The number of rotatable bonds is 3. The van der Waals surface area contributed by atoms with E-state index in [1.165, 1.54) is 4.90 Å². The highest BCUT2D eigenvalue weighted by molar-refractivity contribution is 6.62. The maximum Gasteiger partial charge on any atom is 0.316 e. The van der Waals surface area contributed by atoms with Crippen molar-refractivity contribution in [2.45, 2.75) is 6.54 Å². The number of carbonyl (C=O) groups is 1. The summed E-state index contributed by atoms with van der Waals surface area (Å²) < 4.78 is 5.18. The second kappa shape index (κ2) is 5.27. The molecule has 0 aromatic heterocycles. The lowest BCUT2D eigenvalue weighted by atomic mass is 10.1. The third-order valence-corrected chi connectivity index (χ3v) is 3.12. The fraction of sp³-hybridized carbons (Fsp3) is 0.214. The van der Waals surface area contributed by atoms with Gasteiger partial charge in [-0.1, -0.05) is 18.2 Å². The van der Waals surface area contributed by atoms with E-state index in [0.717, 1.165) is 22.1 Å². The molecule has 0 aliphatic heterocycles. The average molecular weight is 264 g/mol. The van der Waals surface area contributed by atoms with Crippen molar-refractivity contribution in [2.75, 3.05) is 14.2 Å². The number of hydrogen-bond donors (Lipinski definition) is 0. The molecule has 1 amide bonds. The summed E-state index contributed by atoms with van der Waals surface area (Å²) in [7, 11) is 3.32. The first-order valence-corrected chi connectivity index (χ1v) is 5.95. The number of nitrogens with zero attached hydrogens (tertiary/aromatic N) is 1. The van der Waals surface area contributed by atoms with Crippen LogP contribution in [0.5, 0.6) is 5.75 Å². The van der Waals surface area contributed by atoms with Gasteiger partial charge in [-0.25, -0.2) is 0 Å². The Morgan fingerprint density at radius 1 is 1.22 bits per heavy atom. The Labute approximate surface area is 111 Å². The van der Waals surface area contributed by atoms with E-state index in [2.05, 4.69) is 0 Å². The van der Waals surface area contributed by atoms with Crippen molar-refractivity contribution < 1.29 is 9.53 Å². The molecule has 0 N–H and O–H groups in total. The van der Waals surface area contributed by atoms with Crippen molar-refractivity contribution in [1.29, 1.82) is 0 Å². The smallest absolute Gasteiger partial charge is 0.316 e. The van der Waals surface area contributed by atoms with Gasteiger partial charge < -0.3 is 9.64 Å². The molecule has 4 heteroatoms. The van der Waals surface area contributed by atoms with Gasteiger partial charge in [0.05, 0.1) is 7.11 Å². The molecule has 3 nitrogen and oxygen atoms in total. The first-order valence-electron chi connectivity index (χ1n) is 5.57. The summed E-state index contributed by atoms with van der Waals surface area (Å²) >= 11 is 5.41. The first-order chi connectivity index (χ1) is 8.60. The quantitative estimate of drug-likeness (QED) is 0.625. The van der Waals surface area contributed by atoms with E-state index in [0.29, 0.717) is 6.54 Å². The summed E-state index contributed by atoms with van der Waals surface area (Å²) in [6, 6.07) is 11.9. The number of methoxy groups -OCH3 is 1. The summed E-state index contributed by atoms with van der Waals surface area (Å²) in [5.41, 5.74) is 1.05. The summed E-state index contributed by atoms with van der Waals surface area (Å²) in [6.45, 7) is 0.504. The molecule has 0 radical (unpaired) electrons. The third kappa shape index (κ3) is 2.74. The minimum absolute atomic E-state index is 0.454. The minimum Gasteiger partial charge on any atom is -0.497 e. The van der Waals surface area contributed by atoms with Crippen LogP contribution in [-0.4, -0.2) is 24.4 Å². The molecule has 0 aliphatic carbocycles. The molecule has 0 aliphatic rings. The van der Waals surface area contributed by atoms with Crippen LogP contribution in [0.4, 0.5) is 4.79 Å². The van der Waals surface area contributed by atoms with Crippen LogP contribution < -0.4 is 4.74 Å². The van der Waals surface area contributed by atoms with E-state index in [-0.39, 0.29) is 0 Å². The molecular formula is C14H14ClNO2. The highest BCUT2D eigenvalue weighted by Gasteiger charge is 2.06. The molecule has 18 heavy (non-hydrogen) atoms. The molecule has 2 aromatic rings. The van der Waals surface area contributed by atoms with E-state index in [9.17, 15) is 4.79 Å². The van der Waals surface area contributed by atoms with Crippen LogP contribution in [0, 0.1) is 0 Å². The predicted molar refractivity (Wildman–Crippen MR) is 73.2 cm³/mol. The van der Waals surface area contributed by atoms with Crippen molar-refractivity contribution in [3.63, 3.8) is 0 Å². The second-order valence-electron chi connectivity index (χ2n) is 4.16. The van der Waals surface area contributed by atoms with Gasteiger partial charge in [0.1, 0.15) is 5.75 Å². The van der Waals surface area contributed by atoms with Crippen molar-refractivity contribution in [2.24, 2.45) is 0 Å². The lowest BCUT2D eigenvalue weighted by molar-refractivity contribution is 0.230. The zero-order valence-corrected chi connectivity index (χ0v) is 11.1. The Balaban J connectivity index is 2.30. The van der Waals surface area contributed by atoms with Gasteiger partial charge >= 0.3 is 5.37 Å². The number of fused-ring (bicyclic) bond motifs is 1. The van der Waals surface area contributed by atoms with Crippen LogP contribution in [0.3, 0.4) is 0 Å². The Kier molecular flexibility index (Phi) is 3.72. The van der Waals surface area contributed by atoms with Gasteiger partial charge in [0.15, 0.2) is 0 Å². The fourth-order valence-corrected chi connectivity index (χ4v) is 1.89. The van der Waals surface area contributed by atoms with E-state index in [1.807, 2.05) is 36.4 Å². The van der Waals surface area contributed by atoms with Gasteiger partial charge in [-0.15, -0.1) is 0 Å². The zero-order chi connectivity index (χ0) is 13.1. The van der Waals surface area contributed by atoms with Gasteiger partial charge in [-0.3, -0.25) is 4.79 Å². The second-order valence-corrected chi connectivity index (χ2v) is 4.48. The number of hydrogen-bond acceptors (Lipinski definition) is 2. The Hall–Kier alpha value is -1.74. The first kappa shape index (κ1) is 12.7. The van der Waals surface area contributed by atoms with Crippen LogP contribution in [0.2, 0.25) is 0 Å². The van der Waals surface area contributed by atoms with Gasteiger partial charge in [-0.2, -0.15) is 0 Å². The van der Waals surface area contributed by atoms with Gasteiger partial charge in [-0.05, 0) is 46.1 Å². The van der Waals surface area contributed by atoms with Gasteiger partial charge in [0.25, 0.3) is 0 Å². The summed E-state index contributed by atoms with van der Waals surface area (Å²) in [4.78, 5) is 12.4. The van der Waals surface area contributed by atoms with Crippen LogP contribution in [0.25, 0.3) is 10.8 Å². The van der Waals surface area contributed by atoms with E-state index in [1.54, 1.807) is 14.2 Å². The van der Waals surface area contributed by atoms with E-state index < -0.39 is 5.37 Å². The molecule has 0 atom stereocenters. The normalized spacial score (nSPS) is 10.4. The molecule has 2 rings (SSSR count). The fourth-order valence-electron chi connectivity index (χ4n) is 1.83. The van der Waals surface area contributed by atoms with E-state index >= 15 is 0 Å². The number of benzene rings is 2. The summed E-state index contributed by atoms with van der Waals surface area (Å²) in [5.74, 6) is 0.836. The molecular weight excluding hydrogens is 250 g/mol. The number of carbonyl (C=O) groups excluding carboxylic acids is 1. The van der Waals surface area contributed by atoms with Crippen LogP contribution in [0.1, 0.15) is 5.56 Å². The highest BCUT2D eigenvalue weighted by atomic mass is 35.5. The lowest BCUT2D eigenvalue weighted by Gasteiger charge is -2.13. The van der Waals surface area contributed by atoms with Gasteiger partial charge in [0, 0.05) is 13.6 Å². The monoisotopic (exact) mass is 263 g/mol. The maximum atomic E-state index is 11.0. The summed E-state index contributed by atoms with van der Waals surface area (Å²) in [6.07, 6.45) is 0. The largest absolute Gasteiger partial charge is 0.497 e. The van der Waals surface area contributed by atoms with Crippen molar-refractivity contribution in [3.05, 3.63) is 42.0 Å². The molecule has 2 aromatic carbocycles. The van der Waals surface area contributed by atoms with Crippen LogP contribution in [0.15, 0.2) is 36.4 Å². The minimum atomic E-state index is -0.454. The van der Waals surface area contributed by atoms with Gasteiger partial charge in [0.2, 0.25) is 0 Å². The van der Waals surface area contributed by atoms with E-state index in [4.69, 9.17) is 16.3 Å². The summed E-state index contributed by atoms with van der Waals surface area (Å²) in [5, 5.41) is 1.77. The Morgan fingerprint density at radius 2 is 1.89 bits per heavy atom. The van der Waals surface area contributed by atoms with Crippen LogP contribution >= 0.6 is 11.6 Å². The zero-order valence-electron chi connectivity index (χ0n) is 10.3. The molecule has 0 fully saturated rings. The molecule has 94 valence electrons. The van der Waals surface area contributed by atoms with Crippen LogP contribution in [-0.2, 0) is 6.54 Å². The number of ether oxygens (including phenoxy) is 1. The maximum absolute atomic E-state index is 11.0. The average Bonchev–Trinajstić information content (AvgIpc) is 2.37. The van der Waals surface area contributed by atoms with Crippen molar-refractivity contribution >= 4 is 27.7 Å². The number of amides is 1. The topological polar surface area (TPSA) is 29.5 Å². The Bertz CT molecular complexity index is 583. The SMILES string of the molecule is COc1ccc2cc(CN(C)C(=O)Cl)ccc2c1. The lowest BCUT2D eigenvalue weighted by Crippen LogP contribution is -2.19. The molecule has 0 bridgehead atoms. The standard InChI is InChI=1S/C14H14ClNO2/c1-16(14(15)17)9-10-3-4-12-8-13(18-2)6-5-11(12)7-10/h3-8H,9H2,1-2H3. The van der Waals surface area contributed by atoms with Crippen molar-refractivity contribution in [1.82, 2.24) is 4.90 Å². The predicted octanol–water partition coefficient (Wildman–Crippen LogP) is 3.64.